The fourth-order valence-corrected chi connectivity index (χ4v) is 7.01. The largest absolute Gasteiger partial charge is 0.299 e. The van der Waals surface area contributed by atoms with Crippen LogP contribution in [0.15, 0.2) is 116 Å². The molecule has 0 fully saturated rings. The van der Waals surface area contributed by atoms with E-state index in [1.165, 1.54) is 55.3 Å². The SMILES string of the molecule is C=C(/C=C\C(=N)c1cccc(C)n1)c1ccc2ccc(-c3c4c(c(-c5ccccc5)c5c3C(C)CC=C5)CC(C)C=C4)cc2c1. The molecule has 0 spiro atoms. The fourth-order valence-electron chi connectivity index (χ4n) is 7.01. The van der Waals surface area contributed by atoms with Crippen molar-refractivity contribution in [2.75, 3.05) is 0 Å². The number of benzene rings is 4. The summed E-state index contributed by atoms with van der Waals surface area (Å²) in [6, 6.07) is 30.2. The first-order chi connectivity index (χ1) is 21.9. The van der Waals surface area contributed by atoms with Gasteiger partial charge in [-0.05, 0) is 128 Å². The Balaban J connectivity index is 1.34. The van der Waals surface area contributed by atoms with Crippen molar-refractivity contribution < 1.29 is 0 Å². The average Bonchev–Trinajstić information content (AvgIpc) is 3.06. The number of nitrogens with one attached hydrogen (secondary N) is 1. The molecule has 4 aromatic carbocycles. The van der Waals surface area contributed by atoms with Gasteiger partial charge in [0.15, 0.2) is 0 Å². The van der Waals surface area contributed by atoms with Gasteiger partial charge in [0.2, 0.25) is 0 Å². The molecule has 5 aromatic rings. The molecular weight excluding hydrogens is 544 g/mol. The zero-order valence-electron chi connectivity index (χ0n) is 26.3. The quantitative estimate of drug-likeness (QED) is 0.157. The van der Waals surface area contributed by atoms with Crippen LogP contribution in [-0.4, -0.2) is 10.7 Å². The van der Waals surface area contributed by atoms with Gasteiger partial charge in [0.1, 0.15) is 0 Å². The van der Waals surface area contributed by atoms with Crippen LogP contribution < -0.4 is 0 Å². The first-order valence-electron chi connectivity index (χ1n) is 15.9. The van der Waals surface area contributed by atoms with Crippen LogP contribution in [0.3, 0.4) is 0 Å². The molecule has 2 nitrogen and oxygen atoms in total. The highest BCUT2D eigenvalue weighted by molar-refractivity contribution is 6.06. The van der Waals surface area contributed by atoms with Crippen LogP contribution in [0.25, 0.3) is 50.8 Å². The summed E-state index contributed by atoms with van der Waals surface area (Å²) in [7, 11) is 0. The maximum atomic E-state index is 8.49. The molecule has 0 amide bonds. The number of fused-ring (bicyclic) bond motifs is 3. The highest BCUT2D eigenvalue weighted by atomic mass is 14.7. The lowest BCUT2D eigenvalue weighted by Crippen LogP contribution is -2.13. The van der Waals surface area contributed by atoms with Gasteiger partial charge in [0, 0.05) is 5.69 Å². The molecule has 1 aromatic heterocycles. The maximum Gasteiger partial charge on any atom is 0.0882 e. The van der Waals surface area contributed by atoms with Crippen LogP contribution in [0.4, 0.5) is 0 Å². The third kappa shape index (κ3) is 5.42. The summed E-state index contributed by atoms with van der Waals surface area (Å²) < 4.78 is 0. The van der Waals surface area contributed by atoms with E-state index in [4.69, 9.17) is 5.41 Å². The van der Waals surface area contributed by atoms with Crippen molar-refractivity contribution >= 4 is 34.2 Å². The molecule has 0 saturated heterocycles. The summed E-state index contributed by atoms with van der Waals surface area (Å²) in [5.74, 6) is 0.919. The van der Waals surface area contributed by atoms with Crippen LogP contribution >= 0.6 is 0 Å². The monoisotopic (exact) mass is 582 g/mol. The molecular formula is C43H38N2. The lowest BCUT2D eigenvalue weighted by molar-refractivity contribution is 0.715. The minimum atomic E-state index is 0.377. The molecule has 2 unspecified atom stereocenters. The Morgan fingerprint density at radius 2 is 1.64 bits per heavy atom. The number of hydrogen-bond acceptors (Lipinski definition) is 2. The first-order valence-corrected chi connectivity index (χ1v) is 15.9. The molecule has 7 rings (SSSR count). The first kappa shape index (κ1) is 28.7. The number of aromatic nitrogens is 1. The van der Waals surface area contributed by atoms with Crippen LogP contribution in [0.2, 0.25) is 0 Å². The summed E-state index contributed by atoms with van der Waals surface area (Å²) in [5, 5.41) is 10.9. The molecule has 2 aliphatic rings. The van der Waals surface area contributed by atoms with E-state index >= 15 is 0 Å². The van der Waals surface area contributed by atoms with Crippen molar-refractivity contribution in [3.8, 4) is 22.3 Å². The van der Waals surface area contributed by atoms with E-state index in [0.29, 0.717) is 23.2 Å². The standard InChI is InChI=1S/C43H38N2/c1-27-16-22-36-38(24-27)42(32-12-6-5-7-13-32)37-14-8-10-29(3)41(37)43(36)34-21-19-31-18-20-33(25-35(31)26-34)28(2)17-23-39(44)40-15-9-11-30(4)45-40/h5-9,11-23,25-27,29,44H,2,10,24H2,1,3-4H3/b23-17-,44-39?. The molecule has 2 atom stereocenters. The molecule has 2 aliphatic carbocycles. The molecule has 0 radical (unpaired) electrons. The van der Waals surface area contributed by atoms with E-state index in [-0.39, 0.29) is 0 Å². The van der Waals surface area contributed by atoms with Crippen LogP contribution in [-0.2, 0) is 6.42 Å². The molecule has 0 aliphatic heterocycles. The predicted octanol–water partition coefficient (Wildman–Crippen LogP) is 11.2. The predicted molar refractivity (Wildman–Crippen MR) is 193 cm³/mol. The molecule has 0 bridgehead atoms. The molecule has 1 heterocycles. The van der Waals surface area contributed by atoms with E-state index in [2.05, 4.69) is 116 Å². The average molecular weight is 583 g/mol. The Morgan fingerprint density at radius 3 is 2.47 bits per heavy atom. The Kier molecular flexibility index (Phi) is 7.51. The summed E-state index contributed by atoms with van der Waals surface area (Å²) in [6.07, 6.45) is 15.3. The topological polar surface area (TPSA) is 36.7 Å². The molecule has 220 valence electrons. The van der Waals surface area contributed by atoms with Gasteiger partial charge in [-0.2, -0.15) is 0 Å². The highest BCUT2D eigenvalue weighted by Crippen LogP contribution is 2.49. The maximum absolute atomic E-state index is 8.49. The number of nitrogens with zero attached hydrogens (tertiary/aromatic N) is 1. The Morgan fingerprint density at radius 1 is 0.822 bits per heavy atom. The van der Waals surface area contributed by atoms with E-state index in [9.17, 15) is 0 Å². The lowest BCUT2D eigenvalue weighted by atomic mass is 9.72. The second kappa shape index (κ2) is 11.8. The number of aryl methyl sites for hydroxylation is 1. The van der Waals surface area contributed by atoms with Gasteiger partial charge in [-0.3, -0.25) is 10.4 Å². The van der Waals surface area contributed by atoms with Crippen molar-refractivity contribution in [2.45, 2.75) is 39.5 Å². The number of hydrogen-bond donors (Lipinski definition) is 1. The second-order valence-electron chi connectivity index (χ2n) is 12.6. The zero-order chi connectivity index (χ0) is 31.1. The van der Waals surface area contributed by atoms with E-state index in [1.54, 1.807) is 6.08 Å². The number of allylic oxidation sites excluding steroid dienone is 5. The van der Waals surface area contributed by atoms with Gasteiger partial charge < -0.3 is 0 Å². The van der Waals surface area contributed by atoms with Crippen molar-refractivity contribution in [1.29, 1.82) is 5.41 Å². The third-order valence-electron chi connectivity index (χ3n) is 9.29. The Bertz CT molecular complexity index is 2070. The van der Waals surface area contributed by atoms with Crippen molar-refractivity contribution in [2.24, 2.45) is 5.92 Å². The van der Waals surface area contributed by atoms with E-state index < -0.39 is 0 Å². The summed E-state index contributed by atoms with van der Waals surface area (Å²) >= 11 is 0. The fraction of sp³-hybridized carbons (Fsp3) is 0.163. The number of rotatable bonds is 6. The molecule has 2 heteroatoms. The van der Waals surface area contributed by atoms with E-state index in [1.807, 2.05) is 31.2 Å². The van der Waals surface area contributed by atoms with Gasteiger partial charge >= 0.3 is 0 Å². The van der Waals surface area contributed by atoms with Gasteiger partial charge in [-0.25, -0.2) is 0 Å². The van der Waals surface area contributed by atoms with Crippen molar-refractivity contribution in [3.63, 3.8) is 0 Å². The molecule has 1 N–H and O–H groups in total. The third-order valence-corrected chi connectivity index (χ3v) is 9.29. The van der Waals surface area contributed by atoms with Crippen LogP contribution in [0.1, 0.15) is 65.4 Å². The minimum Gasteiger partial charge on any atom is -0.299 e. The highest BCUT2D eigenvalue weighted by Gasteiger charge is 2.29. The van der Waals surface area contributed by atoms with Crippen molar-refractivity contribution in [3.05, 3.63) is 155 Å². The molecule has 0 saturated carbocycles. The smallest absolute Gasteiger partial charge is 0.0882 e. The summed E-state index contributed by atoms with van der Waals surface area (Å²) in [5.41, 5.74) is 14.9. The van der Waals surface area contributed by atoms with Crippen molar-refractivity contribution in [1.82, 2.24) is 4.98 Å². The zero-order valence-corrected chi connectivity index (χ0v) is 26.3. The molecule has 45 heavy (non-hydrogen) atoms. The van der Waals surface area contributed by atoms with Gasteiger partial charge in [0.05, 0.1) is 11.4 Å². The second-order valence-corrected chi connectivity index (χ2v) is 12.6. The van der Waals surface area contributed by atoms with Gasteiger partial charge in [0.25, 0.3) is 0 Å². The van der Waals surface area contributed by atoms with Crippen LogP contribution in [0, 0.1) is 18.3 Å². The van der Waals surface area contributed by atoms with E-state index in [0.717, 1.165) is 29.7 Å². The summed E-state index contributed by atoms with van der Waals surface area (Å²) in [4.78, 5) is 4.48. The number of pyridine rings is 1. The van der Waals surface area contributed by atoms with Gasteiger partial charge in [-0.1, -0.05) is 111 Å². The lowest BCUT2D eigenvalue weighted by Gasteiger charge is -2.32. The van der Waals surface area contributed by atoms with Gasteiger partial charge in [-0.15, -0.1) is 0 Å². The van der Waals surface area contributed by atoms with Crippen LogP contribution in [0.5, 0.6) is 0 Å². The normalized spacial score (nSPS) is 17.0. The summed E-state index contributed by atoms with van der Waals surface area (Å²) in [6.45, 7) is 11.0. The Labute approximate surface area is 266 Å². The Hall–Kier alpha value is -5.08. The minimum absolute atomic E-state index is 0.377.